The summed E-state index contributed by atoms with van der Waals surface area (Å²) in [6.07, 6.45) is 4.42. The zero-order valence-corrected chi connectivity index (χ0v) is 19.6. The number of carbonyl (C=O) groups is 2. The first kappa shape index (κ1) is 23.5. The minimum Gasteiger partial charge on any atom is -0.410 e. The highest BCUT2D eigenvalue weighted by Crippen LogP contribution is 2.21. The Morgan fingerprint density at radius 2 is 1.65 bits per heavy atom. The number of likely N-dealkylation sites (tertiary alicyclic amines) is 1. The van der Waals surface area contributed by atoms with Crippen molar-refractivity contribution in [2.24, 2.45) is 0 Å². The predicted octanol–water partition coefficient (Wildman–Crippen LogP) is 5.60. The van der Waals surface area contributed by atoms with E-state index in [0.717, 1.165) is 18.7 Å². The van der Waals surface area contributed by atoms with E-state index in [0.29, 0.717) is 17.0 Å². The van der Waals surface area contributed by atoms with Crippen LogP contribution < -0.4 is 15.0 Å². The topological polar surface area (TPSA) is 61.9 Å². The molecular formula is C28H31N3O3. The Morgan fingerprint density at radius 3 is 2.38 bits per heavy atom. The van der Waals surface area contributed by atoms with Crippen molar-refractivity contribution in [3.8, 4) is 5.75 Å². The monoisotopic (exact) mass is 457 g/mol. The molecule has 0 saturated carbocycles. The molecule has 1 saturated heterocycles. The molecule has 2 amide bonds. The van der Waals surface area contributed by atoms with Crippen LogP contribution in [0.3, 0.4) is 0 Å². The van der Waals surface area contributed by atoms with Gasteiger partial charge in [0.1, 0.15) is 5.75 Å². The van der Waals surface area contributed by atoms with Crippen molar-refractivity contribution >= 4 is 23.4 Å². The molecule has 6 nitrogen and oxygen atoms in total. The first-order valence-electron chi connectivity index (χ1n) is 11.8. The quantitative estimate of drug-likeness (QED) is 0.501. The van der Waals surface area contributed by atoms with Crippen LogP contribution in [0.2, 0.25) is 0 Å². The molecule has 0 aromatic heterocycles. The van der Waals surface area contributed by atoms with Gasteiger partial charge in [0.2, 0.25) is 0 Å². The summed E-state index contributed by atoms with van der Waals surface area (Å²) in [4.78, 5) is 29.1. The first-order valence-corrected chi connectivity index (χ1v) is 11.8. The van der Waals surface area contributed by atoms with E-state index in [2.05, 4.69) is 10.2 Å². The van der Waals surface area contributed by atoms with Crippen molar-refractivity contribution in [1.29, 1.82) is 0 Å². The highest BCUT2D eigenvalue weighted by Gasteiger charge is 2.14. The second-order valence-corrected chi connectivity index (χ2v) is 8.59. The fraction of sp³-hybridized carbons (Fsp3) is 0.286. The van der Waals surface area contributed by atoms with Crippen LogP contribution in [0.4, 0.5) is 16.2 Å². The molecule has 0 bridgehead atoms. The predicted molar refractivity (Wildman–Crippen MR) is 136 cm³/mol. The number of nitrogens with zero attached hydrogens (tertiary/aromatic N) is 2. The molecule has 1 heterocycles. The Balaban J connectivity index is 1.31. The van der Waals surface area contributed by atoms with Crippen LogP contribution in [0.25, 0.3) is 0 Å². The number of rotatable bonds is 7. The van der Waals surface area contributed by atoms with E-state index >= 15 is 0 Å². The van der Waals surface area contributed by atoms with Gasteiger partial charge in [0.15, 0.2) is 0 Å². The maximum Gasteiger partial charge on any atom is 0.419 e. The molecule has 0 radical (unpaired) electrons. The van der Waals surface area contributed by atoms with E-state index in [1.165, 1.54) is 42.8 Å². The standard InChI is InChI=1S/C28H31N3O3/c1-30(25-10-4-2-5-11-25)28(33)34-26-12-8-9-24(21-26)29-27(32)23-15-13-22(14-16-23)17-20-31-18-6-3-7-19-31/h2,4-5,8-16,21H,3,6-7,17-20H2,1H3,(H,29,32). The lowest BCUT2D eigenvalue weighted by Gasteiger charge is -2.26. The van der Waals surface area contributed by atoms with Gasteiger partial charge in [-0.05, 0) is 74.3 Å². The van der Waals surface area contributed by atoms with Crippen LogP contribution in [-0.2, 0) is 6.42 Å². The maximum absolute atomic E-state index is 12.7. The number of carbonyl (C=O) groups excluding carboxylic acids is 2. The summed E-state index contributed by atoms with van der Waals surface area (Å²) >= 11 is 0. The lowest BCUT2D eigenvalue weighted by molar-refractivity contribution is 0.102. The maximum atomic E-state index is 12.7. The summed E-state index contributed by atoms with van der Waals surface area (Å²) in [7, 11) is 1.65. The third kappa shape index (κ3) is 6.45. The van der Waals surface area contributed by atoms with Crippen LogP contribution in [0.1, 0.15) is 35.2 Å². The summed E-state index contributed by atoms with van der Waals surface area (Å²) in [6.45, 7) is 3.45. The van der Waals surface area contributed by atoms with Crippen LogP contribution in [0.5, 0.6) is 5.75 Å². The molecule has 6 heteroatoms. The lowest BCUT2D eigenvalue weighted by Crippen LogP contribution is -2.31. The molecule has 3 aromatic carbocycles. The molecule has 4 rings (SSSR count). The third-order valence-electron chi connectivity index (χ3n) is 6.10. The van der Waals surface area contributed by atoms with Gasteiger partial charge in [0, 0.05) is 36.6 Å². The number of ether oxygens (including phenoxy) is 1. The summed E-state index contributed by atoms with van der Waals surface area (Å²) in [5.41, 5.74) is 3.12. The number of piperidine rings is 1. The van der Waals surface area contributed by atoms with E-state index < -0.39 is 6.09 Å². The molecule has 0 spiro atoms. The Hall–Kier alpha value is -3.64. The minimum absolute atomic E-state index is 0.201. The molecule has 1 aliphatic heterocycles. The van der Waals surface area contributed by atoms with E-state index in [1.54, 1.807) is 31.3 Å². The Morgan fingerprint density at radius 1 is 0.912 bits per heavy atom. The molecule has 1 aliphatic rings. The number of anilines is 2. The number of hydrogen-bond donors (Lipinski definition) is 1. The summed E-state index contributed by atoms with van der Waals surface area (Å²) in [5.74, 6) is 0.158. The highest BCUT2D eigenvalue weighted by molar-refractivity contribution is 6.04. The van der Waals surface area contributed by atoms with E-state index in [1.807, 2.05) is 54.6 Å². The Bertz CT molecular complexity index is 1090. The van der Waals surface area contributed by atoms with E-state index in [9.17, 15) is 9.59 Å². The number of hydrogen-bond acceptors (Lipinski definition) is 4. The van der Waals surface area contributed by atoms with Gasteiger partial charge in [0.05, 0.1) is 0 Å². The van der Waals surface area contributed by atoms with Gasteiger partial charge < -0.3 is 15.0 Å². The van der Waals surface area contributed by atoms with Gasteiger partial charge >= 0.3 is 6.09 Å². The van der Waals surface area contributed by atoms with Crippen LogP contribution in [0, 0.1) is 0 Å². The molecule has 1 N–H and O–H groups in total. The lowest BCUT2D eigenvalue weighted by atomic mass is 10.1. The molecule has 0 aliphatic carbocycles. The third-order valence-corrected chi connectivity index (χ3v) is 6.10. The summed E-state index contributed by atoms with van der Waals surface area (Å²) in [6, 6.07) is 23.9. The zero-order valence-electron chi connectivity index (χ0n) is 19.6. The second kappa shape index (κ2) is 11.5. The van der Waals surface area contributed by atoms with Crippen LogP contribution in [-0.4, -0.2) is 43.6 Å². The highest BCUT2D eigenvalue weighted by atomic mass is 16.6. The first-order chi connectivity index (χ1) is 16.6. The fourth-order valence-electron chi connectivity index (χ4n) is 4.06. The largest absolute Gasteiger partial charge is 0.419 e. The van der Waals surface area contributed by atoms with Crippen molar-refractivity contribution in [2.45, 2.75) is 25.7 Å². The fourth-order valence-corrected chi connectivity index (χ4v) is 4.06. The van der Waals surface area contributed by atoms with Crippen molar-refractivity contribution in [2.75, 3.05) is 36.9 Å². The second-order valence-electron chi connectivity index (χ2n) is 8.59. The van der Waals surface area contributed by atoms with Gasteiger partial charge in [-0.25, -0.2) is 4.79 Å². The number of para-hydroxylation sites is 1. The molecule has 1 fully saturated rings. The summed E-state index contributed by atoms with van der Waals surface area (Å²) in [5, 5.41) is 2.88. The molecule has 3 aromatic rings. The number of nitrogens with one attached hydrogen (secondary N) is 1. The van der Waals surface area contributed by atoms with E-state index in [-0.39, 0.29) is 5.91 Å². The molecular weight excluding hydrogens is 426 g/mol. The number of amides is 2. The molecule has 0 unspecified atom stereocenters. The Labute approximate surface area is 201 Å². The average Bonchev–Trinajstić information content (AvgIpc) is 2.88. The molecule has 176 valence electrons. The average molecular weight is 458 g/mol. The van der Waals surface area contributed by atoms with Crippen molar-refractivity contribution in [1.82, 2.24) is 4.90 Å². The van der Waals surface area contributed by atoms with Gasteiger partial charge in [-0.15, -0.1) is 0 Å². The Kier molecular flexibility index (Phi) is 7.94. The van der Waals surface area contributed by atoms with Crippen molar-refractivity contribution in [3.63, 3.8) is 0 Å². The molecule has 34 heavy (non-hydrogen) atoms. The van der Waals surface area contributed by atoms with Gasteiger partial charge in [-0.1, -0.05) is 42.8 Å². The van der Waals surface area contributed by atoms with Gasteiger partial charge in [-0.3, -0.25) is 9.69 Å². The summed E-state index contributed by atoms with van der Waals surface area (Å²) < 4.78 is 5.48. The normalized spacial score (nSPS) is 13.8. The smallest absolute Gasteiger partial charge is 0.410 e. The van der Waals surface area contributed by atoms with Crippen LogP contribution in [0.15, 0.2) is 78.9 Å². The van der Waals surface area contributed by atoms with Gasteiger partial charge in [0.25, 0.3) is 5.91 Å². The minimum atomic E-state index is -0.505. The molecule has 0 atom stereocenters. The van der Waals surface area contributed by atoms with Crippen molar-refractivity contribution in [3.05, 3.63) is 90.0 Å². The van der Waals surface area contributed by atoms with Gasteiger partial charge in [-0.2, -0.15) is 0 Å². The zero-order chi connectivity index (χ0) is 23.8. The van der Waals surface area contributed by atoms with Crippen LogP contribution >= 0.6 is 0 Å². The van der Waals surface area contributed by atoms with E-state index in [4.69, 9.17) is 4.74 Å². The SMILES string of the molecule is CN(C(=O)Oc1cccc(NC(=O)c2ccc(CCN3CCCCC3)cc2)c1)c1ccccc1. The van der Waals surface area contributed by atoms with Crippen molar-refractivity contribution < 1.29 is 14.3 Å². The number of benzene rings is 3.